The van der Waals surface area contributed by atoms with Gasteiger partial charge in [-0.05, 0) is 44.0 Å². The number of likely N-dealkylation sites (N-methyl/N-ethyl adjacent to an activating group) is 1. The van der Waals surface area contributed by atoms with Crippen LogP contribution in [0.5, 0.6) is 0 Å². The molecule has 1 aromatic rings. The molecule has 2 heteroatoms. The van der Waals surface area contributed by atoms with Crippen LogP contribution in [-0.2, 0) is 6.54 Å². The Balaban J connectivity index is 1.95. The molecule has 1 aliphatic rings. The summed E-state index contributed by atoms with van der Waals surface area (Å²) in [7, 11) is 2.21. The lowest BCUT2D eigenvalue weighted by molar-refractivity contribution is 0.254. The van der Waals surface area contributed by atoms with Crippen LogP contribution in [0.15, 0.2) is 40.9 Å². The van der Waals surface area contributed by atoms with Gasteiger partial charge in [-0.25, -0.2) is 0 Å². The zero-order valence-corrected chi connectivity index (χ0v) is 11.3. The van der Waals surface area contributed by atoms with E-state index in [1.807, 2.05) is 0 Å². The first kappa shape index (κ1) is 11.9. The molecule has 0 aliphatic heterocycles. The quantitative estimate of drug-likeness (QED) is 0.757. The van der Waals surface area contributed by atoms with Gasteiger partial charge in [-0.3, -0.25) is 4.90 Å². The zero-order chi connectivity index (χ0) is 11.4. The number of hydrogen-bond donors (Lipinski definition) is 0. The molecule has 0 bridgehead atoms. The molecule has 1 unspecified atom stereocenters. The fourth-order valence-electron chi connectivity index (χ4n) is 2.16. The highest BCUT2D eigenvalue weighted by Gasteiger charge is 2.13. The maximum atomic E-state index is 3.46. The average molecular weight is 280 g/mol. The third-order valence-electron chi connectivity index (χ3n) is 3.14. The highest BCUT2D eigenvalue weighted by Crippen LogP contribution is 2.18. The number of benzene rings is 1. The smallest absolute Gasteiger partial charge is 0.0278 e. The molecule has 1 atom stereocenters. The van der Waals surface area contributed by atoms with E-state index >= 15 is 0 Å². The highest BCUT2D eigenvalue weighted by atomic mass is 79.9. The second kappa shape index (κ2) is 5.65. The van der Waals surface area contributed by atoms with E-state index in [2.05, 4.69) is 64.3 Å². The van der Waals surface area contributed by atoms with Crippen molar-refractivity contribution in [3.05, 3.63) is 46.5 Å². The molecule has 0 spiro atoms. The maximum absolute atomic E-state index is 3.46. The van der Waals surface area contributed by atoms with Crippen LogP contribution in [-0.4, -0.2) is 18.0 Å². The Hall–Kier alpha value is -0.600. The van der Waals surface area contributed by atoms with Gasteiger partial charge in [-0.1, -0.05) is 40.2 Å². The van der Waals surface area contributed by atoms with Gasteiger partial charge in [0.15, 0.2) is 0 Å². The van der Waals surface area contributed by atoms with Gasteiger partial charge in [0.25, 0.3) is 0 Å². The Labute approximate surface area is 106 Å². The lowest BCUT2D eigenvalue weighted by atomic mass is 10.0. The normalized spacial score (nSPS) is 20.3. The van der Waals surface area contributed by atoms with Crippen molar-refractivity contribution >= 4 is 15.9 Å². The van der Waals surface area contributed by atoms with E-state index in [-0.39, 0.29) is 0 Å². The summed E-state index contributed by atoms with van der Waals surface area (Å²) in [5.74, 6) is 0. The van der Waals surface area contributed by atoms with Crippen molar-refractivity contribution in [2.24, 2.45) is 0 Å². The Morgan fingerprint density at radius 3 is 2.69 bits per heavy atom. The van der Waals surface area contributed by atoms with E-state index in [0.29, 0.717) is 6.04 Å². The maximum Gasteiger partial charge on any atom is 0.0278 e. The minimum absolute atomic E-state index is 0.623. The van der Waals surface area contributed by atoms with Crippen LogP contribution in [0, 0.1) is 0 Å². The Morgan fingerprint density at radius 2 is 2.06 bits per heavy atom. The first-order valence-electron chi connectivity index (χ1n) is 5.87. The molecule has 86 valence electrons. The summed E-state index contributed by atoms with van der Waals surface area (Å²) < 4.78 is 1.15. The second-order valence-electron chi connectivity index (χ2n) is 4.47. The van der Waals surface area contributed by atoms with Gasteiger partial charge < -0.3 is 0 Å². The van der Waals surface area contributed by atoms with Crippen LogP contribution in [0.1, 0.15) is 24.8 Å². The largest absolute Gasteiger partial charge is 0.296 e. The second-order valence-corrected chi connectivity index (χ2v) is 5.38. The van der Waals surface area contributed by atoms with Gasteiger partial charge in [0, 0.05) is 17.1 Å². The molecule has 0 heterocycles. The minimum atomic E-state index is 0.623. The van der Waals surface area contributed by atoms with Gasteiger partial charge in [0.05, 0.1) is 0 Å². The van der Waals surface area contributed by atoms with E-state index in [0.717, 1.165) is 11.0 Å². The van der Waals surface area contributed by atoms with Gasteiger partial charge >= 0.3 is 0 Å². The van der Waals surface area contributed by atoms with Crippen LogP contribution in [0.25, 0.3) is 0 Å². The van der Waals surface area contributed by atoms with Crippen LogP contribution in [0.2, 0.25) is 0 Å². The van der Waals surface area contributed by atoms with Crippen LogP contribution >= 0.6 is 15.9 Å². The predicted molar refractivity (Wildman–Crippen MR) is 72.4 cm³/mol. The van der Waals surface area contributed by atoms with Crippen LogP contribution in [0.4, 0.5) is 0 Å². The van der Waals surface area contributed by atoms with Crippen molar-refractivity contribution in [3.8, 4) is 0 Å². The van der Waals surface area contributed by atoms with E-state index in [1.54, 1.807) is 0 Å². The molecule has 0 radical (unpaired) electrons. The summed E-state index contributed by atoms with van der Waals surface area (Å²) in [6, 6.07) is 9.22. The number of nitrogens with zero attached hydrogens (tertiary/aromatic N) is 1. The summed E-state index contributed by atoms with van der Waals surface area (Å²) in [6.45, 7) is 1.03. The van der Waals surface area contributed by atoms with Crippen molar-refractivity contribution < 1.29 is 0 Å². The molecular weight excluding hydrogens is 262 g/mol. The molecule has 0 amide bonds. The molecule has 0 aromatic heterocycles. The fourth-order valence-corrected chi connectivity index (χ4v) is 2.42. The van der Waals surface area contributed by atoms with Crippen molar-refractivity contribution in [3.63, 3.8) is 0 Å². The Kier molecular flexibility index (Phi) is 4.19. The lowest BCUT2D eigenvalue weighted by Gasteiger charge is -2.27. The number of hydrogen-bond acceptors (Lipinski definition) is 1. The monoisotopic (exact) mass is 279 g/mol. The van der Waals surface area contributed by atoms with E-state index in [1.165, 1.54) is 24.8 Å². The van der Waals surface area contributed by atoms with Crippen LogP contribution in [0.3, 0.4) is 0 Å². The molecule has 0 fully saturated rings. The third kappa shape index (κ3) is 3.19. The first-order valence-corrected chi connectivity index (χ1v) is 6.66. The molecule has 0 saturated heterocycles. The van der Waals surface area contributed by atoms with Crippen molar-refractivity contribution in [1.29, 1.82) is 0 Å². The molecular formula is C14H18BrN. The van der Waals surface area contributed by atoms with Gasteiger partial charge in [-0.15, -0.1) is 0 Å². The third-order valence-corrected chi connectivity index (χ3v) is 3.67. The standard InChI is InChI=1S/C14H18BrN/c1-16(14-5-3-2-4-6-14)11-12-7-9-13(15)10-8-12/h3,5,7-10,14H,2,4,6,11H2,1H3. The minimum Gasteiger partial charge on any atom is -0.296 e. The van der Waals surface area contributed by atoms with E-state index in [4.69, 9.17) is 0 Å². The Morgan fingerprint density at radius 1 is 1.31 bits per heavy atom. The molecule has 1 nitrogen and oxygen atoms in total. The average Bonchev–Trinajstić information content (AvgIpc) is 2.33. The van der Waals surface area contributed by atoms with Crippen molar-refractivity contribution in [1.82, 2.24) is 4.90 Å². The molecule has 1 aliphatic carbocycles. The van der Waals surface area contributed by atoms with Crippen molar-refractivity contribution in [2.45, 2.75) is 31.8 Å². The Bertz CT molecular complexity index is 356. The van der Waals surface area contributed by atoms with Gasteiger partial charge in [0.2, 0.25) is 0 Å². The predicted octanol–water partition coefficient (Wildman–Crippen LogP) is 3.99. The highest BCUT2D eigenvalue weighted by molar-refractivity contribution is 9.10. The lowest BCUT2D eigenvalue weighted by Crippen LogP contribution is -2.30. The number of halogens is 1. The SMILES string of the molecule is CN(Cc1ccc(Br)cc1)C1C=CCCC1. The summed E-state index contributed by atoms with van der Waals surface area (Å²) in [5, 5.41) is 0. The topological polar surface area (TPSA) is 3.24 Å². The summed E-state index contributed by atoms with van der Waals surface area (Å²) in [5.41, 5.74) is 1.38. The summed E-state index contributed by atoms with van der Waals surface area (Å²) in [4.78, 5) is 2.43. The first-order chi connectivity index (χ1) is 7.75. The van der Waals surface area contributed by atoms with Crippen LogP contribution < -0.4 is 0 Å². The zero-order valence-electron chi connectivity index (χ0n) is 9.70. The molecule has 1 aromatic carbocycles. The van der Waals surface area contributed by atoms with E-state index < -0.39 is 0 Å². The fraction of sp³-hybridized carbons (Fsp3) is 0.429. The number of allylic oxidation sites excluding steroid dienone is 1. The van der Waals surface area contributed by atoms with Gasteiger partial charge in [-0.2, -0.15) is 0 Å². The molecule has 16 heavy (non-hydrogen) atoms. The van der Waals surface area contributed by atoms with Gasteiger partial charge in [0.1, 0.15) is 0 Å². The van der Waals surface area contributed by atoms with E-state index in [9.17, 15) is 0 Å². The summed E-state index contributed by atoms with van der Waals surface area (Å²) in [6.07, 6.45) is 8.53. The van der Waals surface area contributed by atoms with Crippen molar-refractivity contribution in [2.75, 3.05) is 7.05 Å². The molecule has 0 saturated carbocycles. The molecule has 2 rings (SSSR count). The number of rotatable bonds is 3. The summed E-state index contributed by atoms with van der Waals surface area (Å²) >= 11 is 3.46. The molecule has 0 N–H and O–H groups in total.